The Bertz CT molecular complexity index is 395. The minimum absolute atomic E-state index is 0.0277. The normalized spacial score (nSPS) is 14.8. The highest BCUT2D eigenvalue weighted by molar-refractivity contribution is 5.68. The maximum absolute atomic E-state index is 11.3. The van der Waals surface area contributed by atoms with Crippen molar-refractivity contribution in [3.63, 3.8) is 0 Å². The maximum atomic E-state index is 11.3. The Morgan fingerprint density at radius 3 is 2.32 bits per heavy atom. The van der Waals surface area contributed by atoms with E-state index in [1.165, 1.54) is 5.56 Å². The van der Waals surface area contributed by atoms with E-state index in [-0.39, 0.29) is 11.4 Å². The van der Waals surface area contributed by atoms with Crippen molar-refractivity contribution < 1.29 is 9.53 Å². The van der Waals surface area contributed by atoms with Gasteiger partial charge < -0.3 is 4.74 Å². The largest absolute Gasteiger partial charge is 0.465 e. The second kappa shape index (κ2) is 6.74. The van der Waals surface area contributed by atoms with Gasteiger partial charge in [0.15, 0.2) is 0 Å². The van der Waals surface area contributed by atoms with Crippen LogP contribution >= 0.6 is 0 Å². The molecule has 0 spiro atoms. The zero-order valence-corrected chi connectivity index (χ0v) is 12.8. The SMILES string of the molecule is CCC(=O)OCC(C)(C)[C@@H](C)[C@H](C)c1ccccc1. The molecule has 0 heterocycles. The lowest BCUT2D eigenvalue weighted by Gasteiger charge is -2.35. The molecule has 0 bridgehead atoms. The van der Waals surface area contributed by atoms with E-state index in [1.807, 2.05) is 13.0 Å². The molecular formula is C17H26O2. The lowest BCUT2D eigenvalue weighted by molar-refractivity contribution is -0.147. The van der Waals surface area contributed by atoms with Gasteiger partial charge in [0.05, 0.1) is 6.61 Å². The first-order valence-electron chi connectivity index (χ1n) is 7.09. The molecule has 2 nitrogen and oxygen atoms in total. The van der Waals surface area contributed by atoms with E-state index >= 15 is 0 Å². The highest BCUT2D eigenvalue weighted by Crippen LogP contribution is 2.37. The summed E-state index contributed by atoms with van der Waals surface area (Å²) in [6.07, 6.45) is 0.443. The molecule has 0 aliphatic heterocycles. The number of ether oxygens (including phenoxy) is 1. The topological polar surface area (TPSA) is 26.3 Å². The standard InChI is InChI=1S/C17H26O2/c1-6-16(18)19-12-17(4,5)14(3)13(2)15-10-8-7-9-11-15/h7-11,13-14H,6,12H2,1-5H3/t13-,14-/m0/s1. The number of hydrogen-bond donors (Lipinski definition) is 0. The number of esters is 1. The molecule has 0 fully saturated rings. The van der Waals surface area contributed by atoms with Crippen molar-refractivity contribution in [2.75, 3.05) is 6.61 Å². The average molecular weight is 262 g/mol. The fourth-order valence-electron chi connectivity index (χ4n) is 2.22. The molecule has 19 heavy (non-hydrogen) atoms. The summed E-state index contributed by atoms with van der Waals surface area (Å²) in [5.41, 5.74) is 1.31. The third-order valence-corrected chi connectivity index (χ3v) is 4.20. The lowest BCUT2D eigenvalue weighted by Crippen LogP contribution is -2.31. The van der Waals surface area contributed by atoms with E-state index in [0.717, 1.165) is 0 Å². The number of benzene rings is 1. The first-order valence-corrected chi connectivity index (χ1v) is 7.09. The molecule has 0 saturated carbocycles. The maximum Gasteiger partial charge on any atom is 0.305 e. The van der Waals surface area contributed by atoms with Crippen LogP contribution in [0.5, 0.6) is 0 Å². The molecule has 0 amide bonds. The molecule has 0 aliphatic rings. The monoisotopic (exact) mass is 262 g/mol. The van der Waals surface area contributed by atoms with Gasteiger partial charge in [0, 0.05) is 11.8 Å². The Balaban J connectivity index is 2.69. The van der Waals surface area contributed by atoms with Crippen molar-refractivity contribution in [1.82, 2.24) is 0 Å². The highest BCUT2D eigenvalue weighted by atomic mass is 16.5. The number of carbonyl (C=O) groups is 1. The van der Waals surface area contributed by atoms with Gasteiger partial charge in [-0.3, -0.25) is 4.79 Å². The van der Waals surface area contributed by atoms with Crippen LogP contribution in [0, 0.1) is 11.3 Å². The van der Waals surface area contributed by atoms with Crippen molar-refractivity contribution in [3.8, 4) is 0 Å². The Morgan fingerprint density at radius 2 is 1.79 bits per heavy atom. The molecule has 0 radical (unpaired) electrons. The molecule has 2 atom stereocenters. The van der Waals surface area contributed by atoms with Crippen molar-refractivity contribution in [2.45, 2.75) is 47.0 Å². The van der Waals surface area contributed by atoms with Gasteiger partial charge in [-0.2, -0.15) is 0 Å². The van der Waals surface area contributed by atoms with Gasteiger partial charge in [-0.05, 0) is 17.4 Å². The van der Waals surface area contributed by atoms with E-state index in [0.29, 0.717) is 24.9 Å². The summed E-state index contributed by atoms with van der Waals surface area (Å²) in [5, 5.41) is 0. The molecule has 2 heteroatoms. The molecule has 0 N–H and O–H groups in total. The van der Waals surface area contributed by atoms with Crippen LogP contribution in [0.15, 0.2) is 30.3 Å². The number of rotatable bonds is 6. The number of carbonyl (C=O) groups excluding carboxylic acids is 1. The molecule has 0 aromatic heterocycles. The molecule has 0 saturated heterocycles. The van der Waals surface area contributed by atoms with Gasteiger partial charge in [-0.25, -0.2) is 0 Å². The van der Waals surface area contributed by atoms with E-state index < -0.39 is 0 Å². The second-order valence-electron chi connectivity index (χ2n) is 5.99. The summed E-state index contributed by atoms with van der Waals surface area (Å²) in [6.45, 7) is 11.1. The highest BCUT2D eigenvalue weighted by Gasteiger charge is 2.31. The Labute approximate surface area is 117 Å². The fraction of sp³-hybridized carbons (Fsp3) is 0.588. The Kier molecular flexibility index (Phi) is 5.59. The van der Waals surface area contributed by atoms with Crippen molar-refractivity contribution >= 4 is 5.97 Å². The van der Waals surface area contributed by atoms with E-state index in [4.69, 9.17) is 4.74 Å². The molecule has 0 unspecified atom stereocenters. The van der Waals surface area contributed by atoms with Crippen LogP contribution < -0.4 is 0 Å². The molecular weight excluding hydrogens is 236 g/mol. The van der Waals surface area contributed by atoms with Gasteiger partial charge in [0.2, 0.25) is 0 Å². The van der Waals surface area contributed by atoms with Crippen molar-refractivity contribution in [2.24, 2.45) is 11.3 Å². The third-order valence-electron chi connectivity index (χ3n) is 4.20. The average Bonchev–Trinajstić information content (AvgIpc) is 2.44. The van der Waals surface area contributed by atoms with E-state index in [1.54, 1.807) is 0 Å². The van der Waals surface area contributed by atoms with Gasteiger partial charge >= 0.3 is 5.97 Å². The zero-order valence-electron chi connectivity index (χ0n) is 12.8. The third kappa shape index (κ3) is 4.38. The fourth-order valence-corrected chi connectivity index (χ4v) is 2.22. The summed E-state index contributed by atoms with van der Waals surface area (Å²) in [6, 6.07) is 10.5. The summed E-state index contributed by atoms with van der Waals surface area (Å²) < 4.78 is 5.32. The van der Waals surface area contributed by atoms with Gasteiger partial charge in [0.25, 0.3) is 0 Å². The van der Waals surface area contributed by atoms with Crippen LogP contribution in [0.1, 0.15) is 52.5 Å². The van der Waals surface area contributed by atoms with Crippen molar-refractivity contribution in [1.29, 1.82) is 0 Å². The predicted molar refractivity (Wildman–Crippen MR) is 79.1 cm³/mol. The van der Waals surface area contributed by atoms with Gasteiger partial charge in [-0.1, -0.05) is 65.0 Å². The lowest BCUT2D eigenvalue weighted by atomic mass is 9.72. The van der Waals surface area contributed by atoms with E-state index in [9.17, 15) is 4.79 Å². The Hall–Kier alpha value is -1.31. The van der Waals surface area contributed by atoms with Crippen LogP contribution in [0.4, 0.5) is 0 Å². The molecule has 1 aromatic rings. The summed E-state index contributed by atoms with van der Waals surface area (Å²) in [5.74, 6) is 0.753. The van der Waals surface area contributed by atoms with Gasteiger partial charge in [0.1, 0.15) is 0 Å². The molecule has 106 valence electrons. The number of hydrogen-bond acceptors (Lipinski definition) is 2. The van der Waals surface area contributed by atoms with Crippen LogP contribution in [0.3, 0.4) is 0 Å². The predicted octanol–water partition coefficient (Wildman–Crippen LogP) is 4.41. The van der Waals surface area contributed by atoms with Gasteiger partial charge in [-0.15, -0.1) is 0 Å². The minimum Gasteiger partial charge on any atom is -0.465 e. The van der Waals surface area contributed by atoms with Crippen LogP contribution in [0.2, 0.25) is 0 Å². The van der Waals surface area contributed by atoms with Crippen molar-refractivity contribution in [3.05, 3.63) is 35.9 Å². The van der Waals surface area contributed by atoms with Crippen LogP contribution in [-0.4, -0.2) is 12.6 Å². The van der Waals surface area contributed by atoms with E-state index in [2.05, 4.69) is 52.0 Å². The minimum atomic E-state index is -0.118. The quantitative estimate of drug-likeness (QED) is 0.710. The summed E-state index contributed by atoms with van der Waals surface area (Å²) in [7, 11) is 0. The summed E-state index contributed by atoms with van der Waals surface area (Å²) in [4.78, 5) is 11.3. The Morgan fingerprint density at radius 1 is 1.21 bits per heavy atom. The first-order chi connectivity index (χ1) is 8.88. The molecule has 0 aliphatic carbocycles. The molecule has 1 aromatic carbocycles. The second-order valence-corrected chi connectivity index (χ2v) is 5.99. The summed E-state index contributed by atoms with van der Waals surface area (Å²) >= 11 is 0. The molecule has 1 rings (SSSR count). The first kappa shape index (κ1) is 15.7. The smallest absolute Gasteiger partial charge is 0.305 e. The zero-order chi connectivity index (χ0) is 14.5. The van der Waals surface area contributed by atoms with Crippen LogP contribution in [-0.2, 0) is 9.53 Å². The van der Waals surface area contributed by atoms with Crippen LogP contribution in [0.25, 0.3) is 0 Å².